The third-order valence-corrected chi connectivity index (χ3v) is 5.17. The number of pyridine rings is 1. The predicted molar refractivity (Wildman–Crippen MR) is 106 cm³/mol. The van der Waals surface area contributed by atoms with Crippen LogP contribution in [0.4, 0.5) is 13.2 Å². The Morgan fingerprint density at radius 1 is 1.07 bits per heavy atom. The average Bonchev–Trinajstić information content (AvgIpc) is 2.70. The molecule has 0 saturated carbocycles. The smallest absolute Gasteiger partial charge is 0.421 e. The number of hydrogen-bond acceptors (Lipinski definition) is 4. The molecule has 1 aromatic heterocycles. The molecule has 3 rings (SSSR count). The zero-order valence-electron chi connectivity index (χ0n) is 16.1. The van der Waals surface area contributed by atoms with Gasteiger partial charge < -0.3 is 14.2 Å². The number of hydrogen-bond donors (Lipinski definition) is 0. The van der Waals surface area contributed by atoms with Crippen LogP contribution >= 0.6 is 11.6 Å². The fourth-order valence-corrected chi connectivity index (χ4v) is 3.38. The van der Waals surface area contributed by atoms with Crippen molar-refractivity contribution in [1.29, 1.82) is 0 Å². The van der Waals surface area contributed by atoms with E-state index in [9.17, 15) is 22.8 Å². The molecule has 1 aromatic carbocycles. The van der Waals surface area contributed by atoms with E-state index in [4.69, 9.17) is 16.3 Å². The molecule has 0 radical (unpaired) electrons. The van der Waals surface area contributed by atoms with E-state index in [2.05, 4.69) is 4.90 Å². The molecule has 1 amide bonds. The number of amides is 1. The van der Waals surface area contributed by atoms with Gasteiger partial charge in [-0.15, -0.1) is 0 Å². The fourth-order valence-electron chi connectivity index (χ4n) is 3.19. The van der Waals surface area contributed by atoms with Crippen molar-refractivity contribution >= 4 is 17.5 Å². The first kappa shape index (κ1) is 22.2. The molecule has 0 spiro atoms. The largest absolute Gasteiger partial charge is 0.491 e. The molecule has 0 bridgehead atoms. The number of para-hydroxylation sites is 1. The summed E-state index contributed by atoms with van der Waals surface area (Å²) in [6.07, 6.45) is -3.56. The van der Waals surface area contributed by atoms with Gasteiger partial charge in [-0.3, -0.25) is 14.5 Å². The maximum absolute atomic E-state index is 12.9. The third-order valence-electron chi connectivity index (χ3n) is 4.86. The number of halogens is 4. The van der Waals surface area contributed by atoms with E-state index in [0.29, 0.717) is 56.2 Å². The molecule has 30 heavy (non-hydrogen) atoms. The Morgan fingerprint density at radius 3 is 2.43 bits per heavy atom. The lowest BCUT2D eigenvalue weighted by molar-refractivity contribution is -0.140. The SMILES string of the molecule is O=C(Cn1cccc(C(F)(F)F)c1=O)N1CCN(CCOc2ccccc2Cl)CC1. The number of nitrogens with zero attached hydrogens (tertiary/aromatic N) is 3. The average molecular weight is 444 g/mol. The zero-order valence-corrected chi connectivity index (χ0v) is 16.8. The zero-order chi connectivity index (χ0) is 21.7. The van der Waals surface area contributed by atoms with Crippen molar-refractivity contribution in [3.8, 4) is 5.75 Å². The normalized spacial score (nSPS) is 15.3. The lowest BCUT2D eigenvalue weighted by atomic mass is 10.2. The Morgan fingerprint density at radius 2 is 1.77 bits per heavy atom. The quantitative estimate of drug-likeness (QED) is 0.689. The van der Waals surface area contributed by atoms with Crippen LogP contribution in [0.2, 0.25) is 5.02 Å². The van der Waals surface area contributed by atoms with Crippen LogP contribution in [0.5, 0.6) is 5.75 Å². The van der Waals surface area contributed by atoms with E-state index < -0.39 is 23.8 Å². The number of carbonyl (C=O) groups is 1. The topological polar surface area (TPSA) is 54.8 Å². The number of carbonyl (C=O) groups excluding carboxylic acids is 1. The van der Waals surface area contributed by atoms with Crippen molar-refractivity contribution < 1.29 is 22.7 Å². The summed E-state index contributed by atoms with van der Waals surface area (Å²) in [5.41, 5.74) is -2.49. The summed E-state index contributed by atoms with van der Waals surface area (Å²) >= 11 is 6.04. The van der Waals surface area contributed by atoms with Crippen LogP contribution in [-0.4, -0.2) is 59.6 Å². The molecule has 162 valence electrons. The van der Waals surface area contributed by atoms with Gasteiger partial charge in [0.1, 0.15) is 24.5 Å². The fraction of sp³-hybridized carbons (Fsp3) is 0.400. The summed E-state index contributed by atoms with van der Waals surface area (Å²) in [6, 6.07) is 9.02. The number of piperazine rings is 1. The van der Waals surface area contributed by atoms with E-state index in [1.165, 1.54) is 6.20 Å². The van der Waals surface area contributed by atoms with Crippen molar-refractivity contribution in [2.75, 3.05) is 39.3 Å². The first-order valence-corrected chi connectivity index (χ1v) is 9.77. The standard InChI is InChI=1S/C20H21ClF3N3O3/c21-16-5-1-2-6-17(16)30-13-12-25-8-10-26(11-9-25)18(28)14-27-7-3-4-15(19(27)29)20(22,23)24/h1-7H,8-14H2. The van der Waals surface area contributed by atoms with E-state index in [1.807, 2.05) is 12.1 Å². The molecule has 0 atom stereocenters. The van der Waals surface area contributed by atoms with Gasteiger partial charge in [-0.1, -0.05) is 23.7 Å². The van der Waals surface area contributed by atoms with Crippen LogP contribution in [0.1, 0.15) is 5.56 Å². The van der Waals surface area contributed by atoms with Crippen LogP contribution < -0.4 is 10.3 Å². The lowest BCUT2D eigenvalue weighted by Crippen LogP contribution is -2.50. The third kappa shape index (κ3) is 5.54. The highest BCUT2D eigenvalue weighted by atomic mass is 35.5. The van der Waals surface area contributed by atoms with Crippen molar-refractivity contribution in [1.82, 2.24) is 14.4 Å². The minimum atomic E-state index is -4.75. The molecule has 0 N–H and O–H groups in total. The van der Waals surface area contributed by atoms with Crippen molar-refractivity contribution in [2.24, 2.45) is 0 Å². The molecule has 0 unspecified atom stereocenters. The molecule has 2 heterocycles. The first-order chi connectivity index (χ1) is 14.3. The Labute approximate surface area is 176 Å². The number of ether oxygens (including phenoxy) is 1. The highest BCUT2D eigenvalue weighted by Gasteiger charge is 2.34. The molecular formula is C20H21ClF3N3O3. The summed E-state index contributed by atoms with van der Waals surface area (Å²) in [4.78, 5) is 28.1. The van der Waals surface area contributed by atoms with Gasteiger partial charge in [-0.2, -0.15) is 13.2 Å². The minimum absolute atomic E-state index is 0.386. The van der Waals surface area contributed by atoms with Crippen LogP contribution in [-0.2, 0) is 17.5 Å². The van der Waals surface area contributed by atoms with Crippen molar-refractivity contribution in [3.63, 3.8) is 0 Å². The van der Waals surface area contributed by atoms with Gasteiger partial charge in [0.15, 0.2) is 0 Å². The highest BCUT2D eigenvalue weighted by molar-refractivity contribution is 6.32. The molecule has 1 fully saturated rings. The van der Waals surface area contributed by atoms with E-state index in [-0.39, 0.29) is 5.91 Å². The Hall–Kier alpha value is -2.52. The molecule has 1 aliphatic rings. The monoisotopic (exact) mass is 443 g/mol. The van der Waals surface area contributed by atoms with Gasteiger partial charge >= 0.3 is 6.18 Å². The summed E-state index contributed by atoms with van der Waals surface area (Å²) in [6.45, 7) is 2.75. The molecular weight excluding hydrogens is 423 g/mol. The Balaban J connectivity index is 1.48. The summed E-state index contributed by atoms with van der Waals surface area (Å²) < 4.78 is 45.1. The molecule has 2 aromatic rings. The Kier molecular flexibility index (Phi) is 7.04. The molecule has 1 saturated heterocycles. The molecule has 1 aliphatic heterocycles. The van der Waals surface area contributed by atoms with Gasteiger partial charge in [-0.05, 0) is 24.3 Å². The second kappa shape index (κ2) is 9.53. The van der Waals surface area contributed by atoms with E-state index in [0.717, 1.165) is 10.6 Å². The predicted octanol–water partition coefficient (Wildman–Crippen LogP) is 2.74. The summed E-state index contributed by atoms with van der Waals surface area (Å²) in [5, 5.41) is 0.540. The van der Waals surface area contributed by atoms with Gasteiger partial charge in [-0.25, -0.2) is 0 Å². The number of benzene rings is 1. The molecule has 6 nitrogen and oxygen atoms in total. The van der Waals surface area contributed by atoms with Crippen LogP contribution in [0.3, 0.4) is 0 Å². The molecule has 10 heteroatoms. The number of alkyl halides is 3. The van der Waals surface area contributed by atoms with Gasteiger partial charge in [0.25, 0.3) is 5.56 Å². The maximum Gasteiger partial charge on any atom is 0.421 e. The summed E-state index contributed by atoms with van der Waals surface area (Å²) in [7, 11) is 0. The van der Waals surface area contributed by atoms with E-state index >= 15 is 0 Å². The summed E-state index contributed by atoms with van der Waals surface area (Å²) in [5.74, 6) is 0.225. The van der Waals surface area contributed by atoms with Crippen molar-refractivity contribution in [2.45, 2.75) is 12.7 Å². The minimum Gasteiger partial charge on any atom is -0.491 e. The number of rotatable bonds is 6. The van der Waals surface area contributed by atoms with Crippen molar-refractivity contribution in [3.05, 3.63) is 63.5 Å². The van der Waals surface area contributed by atoms with Crippen LogP contribution in [0, 0.1) is 0 Å². The maximum atomic E-state index is 12.9. The lowest BCUT2D eigenvalue weighted by Gasteiger charge is -2.34. The van der Waals surface area contributed by atoms with E-state index in [1.54, 1.807) is 17.0 Å². The van der Waals surface area contributed by atoms with Gasteiger partial charge in [0.05, 0.1) is 5.02 Å². The highest BCUT2D eigenvalue weighted by Crippen LogP contribution is 2.26. The second-order valence-corrected chi connectivity index (χ2v) is 7.26. The molecule has 0 aliphatic carbocycles. The number of aromatic nitrogens is 1. The Bertz CT molecular complexity index is 941. The van der Waals surface area contributed by atoms with Gasteiger partial charge in [0, 0.05) is 38.9 Å². The van der Waals surface area contributed by atoms with Crippen LogP contribution in [0.25, 0.3) is 0 Å². The van der Waals surface area contributed by atoms with Gasteiger partial charge in [0.2, 0.25) is 5.91 Å². The van der Waals surface area contributed by atoms with Crippen LogP contribution in [0.15, 0.2) is 47.4 Å². The first-order valence-electron chi connectivity index (χ1n) is 9.40. The second-order valence-electron chi connectivity index (χ2n) is 6.85.